The molecule has 6 heteroatoms. The Morgan fingerprint density at radius 1 is 1.42 bits per heavy atom. The van der Waals surface area contributed by atoms with Crippen molar-refractivity contribution >= 4 is 27.5 Å². The van der Waals surface area contributed by atoms with Gasteiger partial charge in [-0.2, -0.15) is 5.10 Å². The number of hydrogen-bond acceptors (Lipinski definition) is 3. The smallest absolute Gasteiger partial charge is 0.134 e. The van der Waals surface area contributed by atoms with Gasteiger partial charge in [-0.3, -0.25) is 4.68 Å². The summed E-state index contributed by atoms with van der Waals surface area (Å²) in [6.07, 6.45) is 0. The van der Waals surface area contributed by atoms with Crippen LogP contribution in [0, 0.1) is 6.92 Å². The zero-order chi connectivity index (χ0) is 14.0. The zero-order valence-electron chi connectivity index (χ0n) is 10.9. The fourth-order valence-electron chi connectivity index (χ4n) is 1.71. The van der Waals surface area contributed by atoms with Crippen LogP contribution in [0.5, 0.6) is 11.5 Å². The fourth-order valence-corrected chi connectivity index (χ4v) is 2.40. The van der Waals surface area contributed by atoms with Gasteiger partial charge in [0.2, 0.25) is 0 Å². The predicted molar refractivity (Wildman–Crippen MR) is 78.0 cm³/mol. The van der Waals surface area contributed by atoms with Crippen molar-refractivity contribution in [3.63, 3.8) is 0 Å². The molecule has 0 radical (unpaired) electrons. The van der Waals surface area contributed by atoms with E-state index in [1.807, 2.05) is 32.2 Å². The highest BCUT2D eigenvalue weighted by atomic mass is 79.9. The highest BCUT2D eigenvalue weighted by Crippen LogP contribution is 2.30. The Morgan fingerprint density at radius 3 is 2.68 bits per heavy atom. The van der Waals surface area contributed by atoms with Gasteiger partial charge in [-0.05, 0) is 41.1 Å². The van der Waals surface area contributed by atoms with E-state index >= 15 is 0 Å². The van der Waals surface area contributed by atoms with Crippen LogP contribution in [0.25, 0.3) is 0 Å². The van der Waals surface area contributed by atoms with Gasteiger partial charge >= 0.3 is 0 Å². The number of aryl methyl sites for hydroxylation is 2. The van der Waals surface area contributed by atoms with E-state index in [0.29, 0.717) is 11.6 Å². The molecule has 1 heterocycles. The molecular formula is C13H14BrClN2O2. The average molecular weight is 346 g/mol. The number of ether oxygens (including phenoxy) is 2. The first kappa shape index (κ1) is 14.2. The van der Waals surface area contributed by atoms with Gasteiger partial charge in [0.15, 0.2) is 0 Å². The van der Waals surface area contributed by atoms with Crippen LogP contribution in [-0.2, 0) is 13.7 Å². The van der Waals surface area contributed by atoms with Gasteiger partial charge in [-0.25, -0.2) is 0 Å². The van der Waals surface area contributed by atoms with Crippen molar-refractivity contribution in [2.45, 2.75) is 13.5 Å². The molecule has 102 valence electrons. The molecule has 0 saturated heterocycles. The van der Waals surface area contributed by atoms with E-state index in [2.05, 4.69) is 21.0 Å². The van der Waals surface area contributed by atoms with Gasteiger partial charge in [0, 0.05) is 7.05 Å². The first-order valence-corrected chi connectivity index (χ1v) is 6.84. The Balaban J connectivity index is 2.14. The van der Waals surface area contributed by atoms with Crippen LogP contribution in [0.1, 0.15) is 11.4 Å². The molecule has 1 aromatic heterocycles. The maximum Gasteiger partial charge on any atom is 0.134 e. The molecule has 0 amide bonds. The Morgan fingerprint density at radius 2 is 2.16 bits per heavy atom. The monoisotopic (exact) mass is 344 g/mol. The van der Waals surface area contributed by atoms with Crippen molar-refractivity contribution in [3.05, 3.63) is 39.1 Å². The summed E-state index contributed by atoms with van der Waals surface area (Å²) in [4.78, 5) is 0. The number of hydrogen-bond donors (Lipinski definition) is 0. The van der Waals surface area contributed by atoms with Gasteiger partial charge < -0.3 is 9.47 Å². The highest BCUT2D eigenvalue weighted by Gasteiger charge is 2.12. The molecule has 2 rings (SSSR count). The molecule has 0 fully saturated rings. The summed E-state index contributed by atoms with van der Waals surface area (Å²) in [5.41, 5.74) is 1.65. The second kappa shape index (κ2) is 5.84. The molecule has 4 nitrogen and oxygen atoms in total. The summed E-state index contributed by atoms with van der Waals surface area (Å²) in [7, 11) is 3.47. The second-order valence-corrected chi connectivity index (χ2v) is 5.29. The minimum atomic E-state index is 0.362. The van der Waals surface area contributed by atoms with Crippen LogP contribution in [-0.4, -0.2) is 16.9 Å². The average Bonchev–Trinajstić information content (AvgIpc) is 2.62. The number of nitrogens with zero attached hydrogens (tertiary/aromatic N) is 2. The van der Waals surface area contributed by atoms with Crippen LogP contribution in [0.4, 0.5) is 0 Å². The van der Waals surface area contributed by atoms with Crippen LogP contribution in [0.3, 0.4) is 0 Å². The Bertz CT molecular complexity index is 599. The number of benzene rings is 1. The van der Waals surface area contributed by atoms with E-state index in [9.17, 15) is 0 Å². The third-order valence-electron chi connectivity index (χ3n) is 2.77. The molecule has 19 heavy (non-hydrogen) atoms. The topological polar surface area (TPSA) is 36.3 Å². The largest absolute Gasteiger partial charge is 0.497 e. The number of aromatic nitrogens is 2. The summed E-state index contributed by atoms with van der Waals surface area (Å²) >= 11 is 9.62. The Hall–Kier alpha value is -1.20. The lowest BCUT2D eigenvalue weighted by molar-refractivity contribution is 0.292. The molecule has 0 aliphatic rings. The van der Waals surface area contributed by atoms with Gasteiger partial charge in [-0.15, -0.1) is 0 Å². The standard InChI is InChI=1S/C13H14BrClN2O2/c1-8-13(15)11(17(2)16-8)7-19-12-5-4-9(18-3)6-10(12)14/h4-6H,7H2,1-3H3. The molecule has 1 aromatic carbocycles. The van der Waals surface area contributed by atoms with Gasteiger partial charge in [0.1, 0.15) is 18.1 Å². The van der Waals surface area contributed by atoms with Crippen molar-refractivity contribution in [1.82, 2.24) is 9.78 Å². The zero-order valence-corrected chi connectivity index (χ0v) is 13.2. The van der Waals surface area contributed by atoms with E-state index in [0.717, 1.165) is 27.4 Å². The summed E-state index contributed by atoms with van der Waals surface area (Å²) in [6, 6.07) is 5.54. The van der Waals surface area contributed by atoms with Gasteiger partial charge in [0.25, 0.3) is 0 Å². The molecule has 0 bridgehead atoms. The highest BCUT2D eigenvalue weighted by molar-refractivity contribution is 9.10. The molecule has 0 aliphatic carbocycles. The minimum absolute atomic E-state index is 0.362. The van der Waals surface area contributed by atoms with E-state index in [1.165, 1.54) is 0 Å². The molecule has 2 aromatic rings. The number of halogens is 2. The number of rotatable bonds is 4. The number of methoxy groups -OCH3 is 1. The summed E-state index contributed by atoms with van der Waals surface area (Å²) in [5.74, 6) is 1.50. The van der Waals surface area contributed by atoms with E-state index in [-0.39, 0.29) is 0 Å². The van der Waals surface area contributed by atoms with Crippen molar-refractivity contribution in [1.29, 1.82) is 0 Å². The summed E-state index contributed by atoms with van der Waals surface area (Å²) in [6.45, 7) is 2.23. The molecule has 0 aliphatic heterocycles. The van der Waals surface area contributed by atoms with Crippen LogP contribution in [0.15, 0.2) is 22.7 Å². The maximum atomic E-state index is 6.17. The lowest BCUT2D eigenvalue weighted by atomic mass is 10.3. The van der Waals surface area contributed by atoms with Crippen molar-refractivity contribution in [2.24, 2.45) is 7.05 Å². The normalized spacial score (nSPS) is 10.6. The van der Waals surface area contributed by atoms with Gasteiger partial charge in [0.05, 0.1) is 28.0 Å². The predicted octanol–water partition coefficient (Wildman–Crippen LogP) is 3.73. The van der Waals surface area contributed by atoms with Crippen molar-refractivity contribution in [2.75, 3.05) is 7.11 Å². The van der Waals surface area contributed by atoms with Crippen LogP contribution in [0.2, 0.25) is 5.02 Å². The Labute approximate surface area is 125 Å². The van der Waals surface area contributed by atoms with Gasteiger partial charge in [-0.1, -0.05) is 11.6 Å². The van der Waals surface area contributed by atoms with Crippen LogP contribution >= 0.6 is 27.5 Å². The van der Waals surface area contributed by atoms with Crippen molar-refractivity contribution in [3.8, 4) is 11.5 Å². The summed E-state index contributed by atoms with van der Waals surface area (Å²) < 4.78 is 13.4. The first-order valence-electron chi connectivity index (χ1n) is 5.67. The Kier molecular flexibility index (Phi) is 4.37. The molecule has 0 N–H and O–H groups in total. The quantitative estimate of drug-likeness (QED) is 0.847. The third kappa shape index (κ3) is 3.04. The first-order chi connectivity index (χ1) is 9.02. The lowest BCUT2D eigenvalue weighted by Crippen LogP contribution is -2.04. The molecule has 0 atom stereocenters. The van der Waals surface area contributed by atoms with E-state index < -0.39 is 0 Å². The van der Waals surface area contributed by atoms with Crippen LogP contribution < -0.4 is 9.47 Å². The van der Waals surface area contributed by atoms with E-state index in [1.54, 1.807) is 11.8 Å². The third-order valence-corrected chi connectivity index (χ3v) is 3.88. The molecule has 0 spiro atoms. The molecule has 0 unspecified atom stereocenters. The minimum Gasteiger partial charge on any atom is -0.497 e. The maximum absolute atomic E-state index is 6.17. The fraction of sp³-hybridized carbons (Fsp3) is 0.308. The second-order valence-electron chi connectivity index (χ2n) is 4.05. The SMILES string of the molecule is COc1ccc(OCc2c(Cl)c(C)nn2C)c(Br)c1. The van der Waals surface area contributed by atoms with E-state index in [4.69, 9.17) is 21.1 Å². The summed E-state index contributed by atoms with van der Waals surface area (Å²) in [5, 5.41) is 4.89. The van der Waals surface area contributed by atoms with Crippen molar-refractivity contribution < 1.29 is 9.47 Å². The molecular weight excluding hydrogens is 332 g/mol. The molecule has 0 saturated carbocycles. The lowest BCUT2D eigenvalue weighted by Gasteiger charge is -2.10.